The van der Waals surface area contributed by atoms with Crippen LogP contribution in [0.4, 0.5) is 18.9 Å². The minimum Gasteiger partial charge on any atom is -0.329 e. The van der Waals surface area contributed by atoms with Crippen LogP contribution in [-0.4, -0.2) is 18.6 Å². The molecule has 1 aromatic heterocycles. The van der Waals surface area contributed by atoms with Gasteiger partial charge in [0.1, 0.15) is 0 Å². The fourth-order valence-corrected chi connectivity index (χ4v) is 3.64. The molecule has 3 rings (SSSR count). The van der Waals surface area contributed by atoms with Crippen LogP contribution in [0.2, 0.25) is 0 Å². The second kappa shape index (κ2) is 7.76. The van der Waals surface area contributed by atoms with Gasteiger partial charge < -0.3 is 4.52 Å². The van der Waals surface area contributed by atoms with E-state index in [1.807, 2.05) is 0 Å². The van der Waals surface area contributed by atoms with Gasteiger partial charge in [-0.05, 0) is 42.0 Å². The van der Waals surface area contributed by atoms with E-state index >= 15 is 0 Å². The van der Waals surface area contributed by atoms with Crippen molar-refractivity contribution in [2.45, 2.75) is 11.1 Å². The first kappa shape index (κ1) is 20.1. The average molecular weight is 474 g/mol. The SMILES string of the molecule is O=S(=O)(Nc1cccc(Br)c1)c1cccc(/C=C/c2noc(C(F)(F)F)n2)c1. The monoisotopic (exact) mass is 473 g/mol. The molecule has 0 bridgehead atoms. The van der Waals surface area contributed by atoms with Crippen molar-refractivity contribution in [2.75, 3.05) is 4.72 Å². The Hall–Kier alpha value is -2.66. The zero-order valence-corrected chi connectivity index (χ0v) is 16.2. The van der Waals surface area contributed by atoms with Gasteiger partial charge in [-0.3, -0.25) is 4.72 Å². The summed E-state index contributed by atoms with van der Waals surface area (Å²) in [6.45, 7) is 0. The maximum absolute atomic E-state index is 12.5. The Morgan fingerprint density at radius 2 is 1.82 bits per heavy atom. The summed E-state index contributed by atoms with van der Waals surface area (Å²) in [6.07, 6.45) is -2.17. The molecule has 146 valence electrons. The van der Waals surface area contributed by atoms with E-state index in [4.69, 9.17) is 0 Å². The molecule has 0 fully saturated rings. The van der Waals surface area contributed by atoms with Crippen molar-refractivity contribution in [2.24, 2.45) is 0 Å². The molecule has 0 aliphatic carbocycles. The summed E-state index contributed by atoms with van der Waals surface area (Å²) in [5, 5.41) is 3.21. The topological polar surface area (TPSA) is 85.1 Å². The van der Waals surface area contributed by atoms with E-state index in [1.54, 1.807) is 30.3 Å². The van der Waals surface area contributed by atoms with Crippen LogP contribution >= 0.6 is 15.9 Å². The fourth-order valence-electron chi connectivity index (χ4n) is 2.14. The lowest BCUT2D eigenvalue weighted by Crippen LogP contribution is -2.12. The van der Waals surface area contributed by atoms with E-state index in [1.165, 1.54) is 30.4 Å². The Labute approximate surface area is 166 Å². The lowest BCUT2D eigenvalue weighted by atomic mass is 10.2. The van der Waals surface area contributed by atoms with Crippen LogP contribution in [0.25, 0.3) is 12.2 Å². The van der Waals surface area contributed by atoms with Gasteiger partial charge in [0.15, 0.2) is 5.82 Å². The van der Waals surface area contributed by atoms with Crippen LogP contribution in [0.5, 0.6) is 0 Å². The molecular formula is C17H11BrF3N3O3S. The molecular weight excluding hydrogens is 463 g/mol. The second-order valence-corrected chi connectivity index (χ2v) is 8.08. The van der Waals surface area contributed by atoms with Gasteiger partial charge in [0, 0.05) is 10.2 Å². The summed E-state index contributed by atoms with van der Waals surface area (Å²) in [4.78, 5) is 3.19. The molecule has 1 heterocycles. The molecule has 28 heavy (non-hydrogen) atoms. The Kier molecular flexibility index (Phi) is 5.57. The van der Waals surface area contributed by atoms with Crippen molar-refractivity contribution in [1.82, 2.24) is 10.1 Å². The molecule has 0 aliphatic heterocycles. The highest BCUT2D eigenvalue weighted by atomic mass is 79.9. The van der Waals surface area contributed by atoms with E-state index in [9.17, 15) is 21.6 Å². The third-order valence-electron chi connectivity index (χ3n) is 3.35. The van der Waals surface area contributed by atoms with Gasteiger partial charge >= 0.3 is 12.1 Å². The van der Waals surface area contributed by atoms with Crippen LogP contribution in [0.1, 0.15) is 17.3 Å². The van der Waals surface area contributed by atoms with Crippen molar-refractivity contribution < 1.29 is 26.1 Å². The number of alkyl halides is 3. The maximum Gasteiger partial charge on any atom is 0.471 e. The average Bonchev–Trinajstić information content (AvgIpc) is 3.09. The molecule has 11 heteroatoms. The smallest absolute Gasteiger partial charge is 0.329 e. The summed E-state index contributed by atoms with van der Waals surface area (Å²) in [7, 11) is -3.85. The normalized spacial score (nSPS) is 12.4. The predicted molar refractivity (Wildman–Crippen MR) is 99.6 cm³/mol. The van der Waals surface area contributed by atoms with Gasteiger partial charge in [-0.25, -0.2) is 8.42 Å². The highest BCUT2D eigenvalue weighted by Crippen LogP contribution is 2.27. The molecule has 0 atom stereocenters. The predicted octanol–water partition coefficient (Wildman–Crippen LogP) is 4.82. The van der Waals surface area contributed by atoms with Gasteiger partial charge in [-0.15, -0.1) is 0 Å². The minimum absolute atomic E-state index is 0.0151. The number of anilines is 1. The fraction of sp³-hybridized carbons (Fsp3) is 0.0588. The van der Waals surface area contributed by atoms with Gasteiger partial charge in [0.2, 0.25) is 0 Å². The number of nitrogens with zero attached hydrogens (tertiary/aromatic N) is 2. The number of nitrogens with one attached hydrogen (secondary N) is 1. The van der Waals surface area contributed by atoms with Crippen molar-refractivity contribution in [3.63, 3.8) is 0 Å². The molecule has 0 saturated heterocycles. The lowest BCUT2D eigenvalue weighted by molar-refractivity contribution is -0.159. The summed E-state index contributed by atoms with van der Waals surface area (Å²) >= 11 is 3.26. The van der Waals surface area contributed by atoms with Crippen molar-refractivity contribution >= 4 is 43.8 Å². The molecule has 0 radical (unpaired) electrons. The molecule has 0 spiro atoms. The number of hydrogen-bond acceptors (Lipinski definition) is 5. The van der Waals surface area contributed by atoms with Crippen LogP contribution in [0.3, 0.4) is 0 Å². The zero-order chi connectivity index (χ0) is 20.4. The van der Waals surface area contributed by atoms with E-state index in [-0.39, 0.29) is 10.7 Å². The standard InChI is InChI=1S/C17H11BrF3N3O3S/c18-12-4-2-5-13(10-12)24-28(25,26)14-6-1-3-11(9-14)7-8-15-22-16(27-23-15)17(19,20)21/h1-10,24H/b8-7+. The highest BCUT2D eigenvalue weighted by Gasteiger charge is 2.38. The molecule has 0 aliphatic rings. The molecule has 0 amide bonds. The Morgan fingerprint density at radius 1 is 1.07 bits per heavy atom. The first-order chi connectivity index (χ1) is 13.1. The number of rotatable bonds is 5. The Morgan fingerprint density at radius 3 is 2.50 bits per heavy atom. The van der Waals surface area contributed by atoms with Gasteiger partial charge in [0.25, 0.3) is 10.0 Å². The number of benzene rings is 2. The van der Waals surface area contributed by atoms with Crippen molar-refractivity contribution in [3.8, 4) is 0 Å². The van der Waals surface area contributed by atoms with Crippen molar-refractivity contribution in [1.29, 1.82) is 0 Å². The number of halogens is 4. The van der Waals surface area contributed by atoms with Gasteiger partial charge in [-0.1, -0.05) is 45.4 Å². The van der Waals surface area contributed by atoms with Crippen molar-refractivity contribution in [3.05, 3.63) is 70.3 Å². The van der Waals surface area contributed by atoms with Crippen LogP contribution in [0.15, 0.2) is 62.4 Å². The third-order valence-corrected chi connectivity index (χ3v) is 5.23. The Balaban J connectivity index is 1.80. The Bertz CT molecular complexity index is 1130. The van der Waals surface area contributed by atoms with E-state index in [0.29, 0.717) is 15.7 Å². The van der Waals surface area contributed by atoms with E-state index in [2.05, 4.69) is 35.3 Å². The quantitative estimate of drug-likeness (QED) is 0.573. The summed E-state index contributed by atoms with van der Waals surface area (Å²) < 4.78 is 69.7. The van der Waals surface area contributed by atoms with E-state index in [0.717, 1.165) is 0 Å². The van der Waals surface area contributed by atoms with Gasteiger partial charge in [-0.2, -0.15) is 18.2 Å². The van der Waals surface area contributed by atoms with Crippen LogP contribution in [0, 0.1) is 0 Å². The van der Waals surface area contributed by atoms with Crippen LogP contribution < -0.4 is 4.72 Å². The van der Waals surface area contributed by atoms with Crippen LogP contribution in [-0.2, 0) is 16.2 Å². The molecule has 2 aromatic carbocycles. The zero-order valence-electron chi connectivity index (χ0n) is 13.8. The summed E-state index contributed by atoms with van der Waals surface area (Å²) in [6, 6.07) is 12.5. The first-order valence-corrected chi connectivity index (χ1v) is 9.88. The second-order valence-electron chi connectivity index (χ2n) is 5.48. The van der Waals surface area contributed by atoms with E-state index < -0.39 is 22.1 Å². The highest BCUT2D eigenvalue weighted by molar-refractivity contribution is 9.10. The number of sulfonamides is 1. The first-order valence-electron chi connectivity index (χ1n) is 7.61. The molecule has 0 unspecified atom stereocenters. The molecule has 1 N–H and O–H groups in total. The lowest BCUT2D eigenvalue weighted by Gasteiger charge is -2.09. The number of hydrogen-bond donors (Lipinski definition) is 1. The summed E-state index contributed by atoms with van der Waals surface area (Å²) in [5.74, 6) is -1.74. The maximum atomic E-state index is 12.5. The molecule has 0 saturated carbocycles. The molecule has 6 nitrogen and oxygen atoms in total. The summed E-state index contributed by atoms with van der Waals surface area (Å²) in [5.41, 5.74) is 0.803. The minimum atomic E-state index is -4.73. The molecule has 3 aromatic rings. The largest absolute Gasteiger partial charge is 0.471 e. The van der Waals surface area contributed by atoms with Gasteiger partial charge in [0.05, 0.1) is 4.90 Å². The third kappa shape index (κ3) is 4.98. The number of aromatic nitrogens is 2.